The molecule has 0 amide bonds. The van der Waals surface area contributed by atoms with Gasteiger partial charge in [-0.3, -0.25) is 0 Å². The number of hydrogen-bond acceptors (Lipinski definition) is 2. The molecule has 0 saturated carbocycles. The summed E-state index contributed by atoms with van der Waals surface area (Å²) >= 11 is 4.62. The molecule has 0 aliphatic rings. The Bertz CT molecular complexity index is 519. The van der Waals surface area contributed by atoms with E-state index in [1.54, 1.807) is 0 Å². The first-order valence-corrected chi connectivity index (χ1v) is 6.43. The average Bonchev–Trinajstić information content (AvgIpc) is 2.43. The third-order valence-corrected chi connectivity index (χ3v) is 2.62. The van der Waals surface area contributed by atoms with Gasteiger partial charge in [-0.15, -0.1) is 0 Å². The van der Waals surface area contributed by atoms with Crippen molar-refractivity contribution < 1.29 is 35.5 Å². The summed E-state index contributed by atoms with van der Waals surface area (Å²) in [7, 11) is 0. The number of thiocarbonyl (C=S) groups is 1. The first-order chi connectivity index (χ1) is 10.5. The van der Waals surface area contributed by atoms with Crippen molar-refractivity contribution in [1.29, 1.82) is 0 Å². The van der Waals surface area contributed by atoms with Crippen LogP contribution < -0.4 is 15.4 Å². The van der Waals surface area contributed by atoms with Crippen molar-refractivity contribution in [3.63, 3.8) is 0 Å². The third-order valence-electron chi connectivity index (χ3n) is 2.33. The van der Waals surface area contributed by atoms with Gasteiger partial charge in [0.25, 0.3) is 0 Å². The molecule has 1 rings (SSSR count). The SMILES string of the molecule is FC(F)C(F)(F)Oc1ccc(CNC(=S)NCC(F)(F)F)cc1. The Morgan fingerprint density at radius 2 is 1.61 bits per heavy atom. The highest BCUT2D eigenvalue weighted by molar-refractivity contribution is 7.80. The lowest BCUT2D eigenvalue weighted by Crippen LogP contribution is -2.40. The van der Waals surface area contributed by atoms with E-state index in [4.69, 9.17) is 0 Å². The summed E-state index contributed by atoms with van der Waals surface area (Å²) < 4.78 is 88.9. The molecule has 23 heavy (non-hydrogen) atoms. The molecule has 0 unspecified atom stereocenters. The Balaban J connectivity index is 2.47. The largest absolute Gasteiger partial charge is 0.461 e. The van der Waals surface area contributed by atoms with Gasteiger partial charge in [0, 0.05) is 6.54 Å². The molecule has 0 aromatic heterocycles. The van der Waals surface area contributed by atoms with Crippen molar-refractivity contribution in [3.05, 3.63) is 29.8 Å². The molecule has 1 aromatic rings. The van der Waals surface area contributed by atoms with Crippen LogP contribution in [0.3, 0.4) is 0 Å². The van der Waals surface area contributed by atoms with Crippen molar-refractivity contribution in [2.45, 2.75) is 25.3 Å². The van der Waals surface area contributed by atoms with E-state index < -0.39 is 31.0 Å². The summed E-state index contributed by atoms with van der Waals surface area (Å²) in [5.74, 6) is -0.475. The van der Waals surface area contributed by atoms with E-state index in [1.165, 1.54) is 12.1 Å². The summed E-state index contributed by atoms with van der Waals surface area (Å²) in [6.45, 7) is -1.29. The molecule has 130 valence electrons. The van der Waals surface area contributed by atoms with Crippen LogP contribution in [-0.4, -0.2) is 30.4 Å². The van der Waals surface area contributed by atoms with Crippen molar-refractivity contribution in [2.24, 2.45) is 0 Å². The predicted octanol–water partition coefficient (Wildman–Crippen LogP) is 3.45. The molecule has 0 aliphatic carbocycles. The normalized spacial score (nSPS) is 12.2. The number of benzene rings is 1. The minimum Gasteiger partial charge on any atom is -0.428 e. The van der Waals surface area contributed by atoms with Gasteiger partial charge in [0.05, 0.1) is 0 Å². The zero-order valence-corrected chi connectivity index (χ0v) is 12.1. The topological polar surface area (TPSA) is 33.3 Å². The summed E-state index contributed by atoms with van der Waals surface area (Å²) in [6, 6.07) is 4.60. The first-order valence-electron chi connectivity index (χ1n) is 6.02. The fourth-order valence-electron chi connectivity index (χ4n) is 1.30. The fourth-order valence-corrected chi connectivity index (χ4v) is 1.45. The maximum Gasteiger partial charge on any atom is 0.461 e. The summed E-state index contributed by atoms with van der Waals surface area (Å²) in [6.07, 6.45) is -13.0. The number of nitrogens with one attached hydrogen (secondary N) is 2. The predicted molar refractivity (Wildman–Crippen MR) is 71.5 cm³/mol. The van der Waals surface area contributed by atoms with Gasteiger partial charge in [0.15, 0.2) is 5.11 Å². The van der Waals surface area contributed by atoms with Crippen LogP contribution in [0.25, 0.3) is 0 Å². The van der Waals surface area contributed by atoms with Crippen molar-refractivity contribution in [2.75, 3.05) is 6.54 Å². The summed E-state index contributed by atoms with van der Waals surface area (Å²) in [4.78, 5) is 0. The second kappa shape index (κ2) is 7.66. The van der Waals surface area contributed by atoms with Crippen molar-refractivity contribution >= 4 is 17.3 Å². The molecule has 0 spiro atoms. The zero-order valence-electron chi connectivity index (χ0n) is 11.3. The molecular formula is C12H11F7N2OS. The van der Waals surface area contributed by atoms with Crippen molar-refractivity contribution in [3.8, 4) is 5.75 Å². The van der Waals surface area contributed by atoms with E-state index in [2.05, 4.69) is 22.3 Å². The van der Waals surface area contributed by atoms with Gasteiger partial charge in [-0.1, -0.05) is 12.1 Å². The molecule has 11 heteroatoms. The van der Waals surface area contributed by atoms with Crippen LogP contribution in [0.1, 0.15) is 5.56 Å². The van der Waals surface area contributed by atoms with Gasteiger partial charge in [0.2, 0.25) is 0 Å². The standard InChI is InChI=1S/C12H11F7N2OS/c13-9(14)12(18,19)22-8-3-1-7(2-4-8)5-20-10(23)21-6-11(15,16)17/h1-4,9H,5-6H2,(H2,20,21,23). The van der Waals surface area contributed by atoms with E-state index in [0.29, 0.717) is 5.56 Å². The zero-order chi connectivity index (χ0) is 17.7. The van der Waals surface area contributed by atoms with Crippen molar-refractivity contribution in [1.82, 2.24) is 10.6 Å². The van der Waals surface area contributed by atoms with Crippen LogP contribution in [0, 0.1) is 0 Å². The molecule has 0 fully saturated rings. The van der Waals surface area contributed by atoms with Gasteiger partial charge in [-0.25, -0.2) is 0 Å². The van der Waals surface area contributed by atoms with Gasteiger partial charge >= 0.3 is 18.7 Å². The molecule has 2 N–H and O–H groups in total. The Kier molecular flexibility index (Phi) is 6.42. The molecule has 0 heterocycles. The minimum absolute atomic E-state index is 0.00914. The third kappa shape index (κ3) is 7.35. The van der Waals surface area contributed by atoms with Gasteiger partial charge in [-0.05, 0) is 29.9 Å². The van der Waals surface area contributed by atoms with Crippen LogP contribution >= 0.6 is 12.2 Å². The first kappa shape index (κ1) is 19.3. The van der Waals surface area contributed by atoms with Crippen LogP contribution in [0.5, 0.6) is 5.75 Å². The van der Waals surface area contributed by atoms with Crippen LogP contribution in [0.15, 0.2) is 24.3 Å². The molecular weight excluding hydrogens is 353 g/mol. The van der Waals surface area contributed by atoms with E-state index >= 15 is 0 Å². The Hall–Kier alpha value is -1.78. The average molecular weight is 364 g/mol. The molecule has 0 radical (unpaired) electrons. The summed E-state index contributed by atoms with van der Waals surface area (Å²) in [5, 5.41) is 4.16. The smallest absolute Gasteiger partial charge is 0.428 e. The van der Waals surface area contributed by atoms with Crippen LogP contribution in [0.2, 0.25) is 0 Å². The molecule has 1 aromatic carbocycles. The minimum atomic E-state index is -4.61. The molecule has 0 aliphatic heterocycles. The van der Waals surface area contributed by atoms with E-state index in [-0.39, 0.29) is 11.7 Å². The van der Waals surface area contributed by atoms with E-state index in [0.717, 1.165) is 12.1 Å². The molecule has 0 atom stereocenters. The molecule has 0 bridgehead atoms. The maximum absolute atomic E-state index is 12.7. The lowest BCUT2D eigenvalue weighted by atomic mass is 10.2. The highest BCUT2D eigenvalue weighted by Gasteiger charge is 2.43. The quantitative estimate of drug-likeness (QED) is 0.599. The lowest BCUT2D eigenvalue weighted by molar-refractivity contribution is -0.253. The fraction of sp³-hybridized carbons (Fsp3) is 0.417. The lowest BCUT2D eigenvalue weighted by Gasteiger charge is -2.17. The highest BCUT2D eigenvalue weighted by Crippen LogP contribution is 2.27. The number of halogens is 7. The number of rotatable bonds is 6. The van der Waals surface area contributed by atoms with Gasteiger partial charge in [0.1, 0.15) is 12.3 Å². The molecule has 3 nitrogen and oxygen atoms in total. The van der Waals surface area contributed by atoms with Crippen LogP contribution in [-0.2, 0) is 6.54 Å². The second-order valence-corrected chi connectivity index (χ2v) is 4.67. The monoisotopic (exact) mass is 364 g/mol. The Morgan fingerprint density at radius 3 is 2.09 bits per heavy atom. The Labute approximate surface area is 131 Å². The summed E-state index contributed by atoms with van der Waals surface area (Å²) in [5.41, 5.74) is 0.467. The maximum atomic E-state index is 12.7. The van der Waals surface area contributed by atoms with Crippen LogP contribution in [0.4, 0.5) is 30.7 Å². The number of ether oxygens (including phenoxy) is 1. The van der Waals surface area contributed by atoms with Gasteiger partial charge in [-0.2, -0.15) is 30.7 Å². The van der Waals surface area contributed by atoms with Gasteiger partial charge < -0.3 is 15.4 Å². The van der Waals surface area contributed by atoms with E-state index in [1.807, 2.05) is 5.32 Å². The highest BCUT2D eigenvalue weighted by atomic mass is 32.1. The number of alkyl halides is 7. The second-order valence-electron chi connectivity index (χ2n) is 4.26. The molecule has 0 saturated heterocycles. The number of hydrogen-bond donors (Lipinski definition) is 2. The van der Waals surface area contributed by atoms with E-state index in [9.17, 15) is 30.7 Å². The Morgan fingerprint density at radius 1 is 1.04 bits per heavy atom.